The number of halogens is 1. The van der Waals surface area contributed by atoms with Gasteiger partial charge in [0.15, 0.2) is 0 Å². The van der Waals surface area contributed by atoms with Gasteiger partial charge >= 0.3 is 0 Å². The van der Waals surface area contributed by atoms with Gasteiger partial charge in [-0.25, -0.2) is 4.98 Å². The highest BCUT2D eigenvalue weighted by atomic mass is 79.9. The molecular formula is C13H11BrN2S. The maximum Gasteiger partial charge on any atom is 0.128 e. The Bertz CT molecular complexity index is 564. The maximum absolute atomic E-state index is 9.08. The third kappa shape index (κ3) is 2.56. The monoisotopic (exact) mass is 306 g/mol. The van der Waals surface area contributed by atoms with Crippen LogP contribution < -0.4 is 0 Å². The van der Waals surface area contributed by atoms with E-state index in [-0.39, 0.29) is 5.92 Å². The molecule has 0 fully saturated rings. The van der Waals surface area contributed by atoms with Gasteiger partial charge in [0.2, 0.25) is 0 Å². The van der Waals surface area contributed by atoms with Crippen LogP contribution in [-0.4, -0.2) is 4.98 Å². The molecule has 0 radical (unpaired) electrons. The first-order valence-corrected chi connectivity index (χ1v) is 6.89. The predicted octanol–water partition coefficient (Wildman–Crippen LogP) is 4.57. The van der Waals surface area contributed by atoms with Gasteiger partial charge in [0.1, 0.15) is 16.0 Å². The second-order valence-corrected chi connectivity index (χ2v) is 5.92. The second kappa shape index (κ2) is 4.99. The van der Waals surface area contributed by atoms with Crippen molar-refractivity contribution >= 4 is 27.3 Å². The lowest BCUT2D eigenvalue weighted by atomic mass is 10.1. The summed E-state index contributed by atoms with van der Waals surface area (Å²) in [5, 5.41) is 10.00. The molecule has 0 atom stereocenters. The first-order chi connectivity index (χ1) is 8.11. The van der Waals surface area contributed by atoms with Crippen LogP contribution in [0.15, 0.2) is 28.7 Å². The van der Waals surface area contributed by atoms with Crippen LogP contribution in [-0.2, 0) is 0 Å². The van der Waals surface area contributed by atoms with Crippen molar-refractivity contribution in [3.63, 3.8) is 0 Å². The van der Waals surface area contributed by atoms with Gasteiger partial charge in [-0.15, -0.1) is 11.3 Å². The van der Waals surface area contributed by atoms with Crippen molar-refractivity contribution < 1.29 is 0 Å². The van der Waals surface area contributed by atoms with Gasteiger partial charge in [-0.2, -0.15) is 5.26 Å². The number of nitrogens with zero attached hydrogens (tertiary/aromatic N) is 2. The number of hydrogen-bond acceptors (Lipinski definition) is 3. The summed E-state index contributed by atoms with van der Waals surface area (Å²) >= 11 is 4.86. The van der Waals surface area contributed by atoms with Crippen molar-refractivity contribution in [1.29, 1.82) is 5.26 Å². The molecule has 0 aliphatic heterocycles. The van der Waals surface area contributed by atoms with Gasteiger partial charge in [-0.05, 0) is 18.1 Å². The topological polar surface area (TPSA) is 36.7 Å². The molecule has 0 saturated carbocycles. The zero-order valence-electron chi connectivity index (χ0n) is 9.57. The first kappa shape index (κ1) is 12.3. The average molecular weight is 307 g/mol. The minimum Gasteiger partial charge on any atom is -0.239 e. The molecule has 0 aliphatic carbocycles. The van der Waals surface area contributed by atoms with E-state index >= 15 is 0 Å². The van der Waals surface area contributed by atoms with E-state index in [1.54, 1.807) is 0 Å². The molecule has 2 nitrogen and oxygen atoms in total. The minimum absolute atomic E-state index is 0.282. The minimum atomic E-state index is 0.282. The Morgan fingerprint density at radius 1 is 1.29 bits per heavy atom. The van der Waals surface area contributed by atoms with E-state index in [1.807, 2.05) is 24.3 Å². The first-order valence-electron chi connectivity index (χ1n) is 5.28. The van der Waals surface area contributed by atoms with Crippen molar-refractivity contribution in [2.24, 2.45) is 0 Å². The molecule has 0 bridgehead atoms. The molecule has 2 rings (SSSR count). The van der Waals surface area contributed by atoms with E-state index in [1.165, 1.54) is 11.3 Å². The molecule has 2 aromatic rings. The summed E-state index contributed by atoms with van der Waals surface area (Å²) in [5.41, 5.74) is 1.96. The molecule has 0 amide bonds. The third-order valence-electron chi connectivity index (χ3n) is 2.39. The molecular weight excluding hydrogens is 296 g/mol. The van der Waals surface area contributed by atoms with Gasteiger partial charge < -0.3 is 0 Å². The van der Waals surface area contributed by atoms with Crippen LogP contribution in [0.25, 0.3) is 10.6 Å². The summed E-state index contributed by atoms with van der Waals surface area (Å²) in [7, 11) is 0. The summed E-state index contributed by atoms with van der Waals surface area (Å²) in [6.45, 7) is 4.11. The van der Waals surface area contributed by atoms with Crippen molar-refractivity contribution in [1.82, 2.24) is 4.98 Å². The number of nitriles is 1. The third-order valence-corrected chi connectivity index (χ3v) is 3.95. The number of benzene rings is 1. The smallest absolute Gasteiger partial charge is 0.128 e. The van der Waals surface area contributed by atoms with Crippen molar-refractivity contribution in [3.05, 3.63) is 39.3 Å². The molecule has 1 heterocycles. The number of hydrogen-bond donors (Lipinski definition) is 0. The van der Waals surface area contributed by atoms with Crippen LogP contribution >= 0.6 is 27.3 Å². The Labute approximate surface area is 113 Å². The quantitative estimate of drug-likeness (QED) is 0.815. The van der Waals surface area contributed by atoms with E-state index in [2.05, 4.69) is 40.8 Å². The largest absolute Gasteiger partial charge is 0.239 e. The average Bonchev–Trinajstić information content (AvgIpc) is 2.74. The standard InChI is InChI=1S/C13H11BrN2S/c1-8(2)12-11(7-15)17-13(16-12)9-3-5-10(14)6-4-9/h3-6,8H,1-2H3. The Balaban J connectivity index is 2.47. The highest BCUT2D eigenvalue weighted by Gasteiger charge is 2.14. The fourth-order valence-electron chi connectivity index (χ4n) is 1.52. The van der Waals surface area contributed by atoms with Gasteiger partial charge in [0.05, 0.1) is 5.69 Å². The summed E-state index contributed by atoms with van der Waals surface area (Å²) in [6, 6.07) is 10.2. The molecule has 1 aromatic heterocycles. The molecule has 4 heteroatoms. The molecule has 1 aromatic carbocycles. The summed E-state index contributed by atoms with van der Waals surface area (Å²) in [6.07, 6.45) is 0. The fraction of sp³-hybridized carbons (Fsp3) is 0.231. The predicted molar refractivity (Wildman–Crippen MR) is 74.1 cm³/mol. The summed E-state index contributed by atoms with van der Waals surface area (Å²) in [5.74, 6) is 0.282. The van der Waals surface area contributed by atoms with Gasteiger partial charge in [0.25, 0.3) is 0 Å². The zero-order chi connectivity index (χ0) is 12.4. The van der Waals surface area contributed by atoms with E-state index in [0.29, 0.717) is 0 Å². The van der Waals surface area contributed by atoms with Crippen molar-refractivity contribution in [2.45, 2.75) is 19.8 Å². The molecule has 86 valence electrons. The Kier molecular flexibility index (Phi) is 3.60. The lowest BCUT2D eigenvalue weighted by Crippen LogP contribution is -1.90. The van der Waals surface area contributed by atoms with E-state index in [0.717, 1.165) is 25.6 Å². The Morgan fingerprint density at radius 2 is 1.94 bits per heavy atom. The van der Waals surface area contributed by atoms with Crippen LogP contribution in [0, 0.1) is 11.3 Å². The fourth-order valence-corrected chi connectivity index (χ4v) is 2.81. The molecule has 0 spiro atoms. The number of thiazole rings is 1. The second-order valence-electron chi connectivity index (χ2n) is 4.01. The SMILES string of the molecule is CC(C)c1nc(-c2ccc(Br)cc2)sc1C#N. The van der Waals surface area contributed by atoms with Crippen molar-refractivity contribution in [2.75, 3.05) is 0 Å². The lowest BCUT2D eigenvalue weighted by molar-refractivity contribution is 0.831. The Hall–Kier alpha value is -1.18. The van der Waals surface area contributed by atoms with Crippen molar-refractivity contribution in [3.8, 4) is 16.6 Å². The normalized spacial score (nSPS) is 10.5. The van der Waals surface area contributed by atoms with Crippen LogP contribution in [0.2, 0.25) is 0 Å². The van der Waals surface area contributed by atoms with Gasteiger partial charge in [0, 0.05) is 10.0 Å². The van der Waals surface area contributed by atoms with E-state index in [4.69, 9.17) is 5.26 Å². The highest BCUT2D eigenvalue weighted by Crippen LogP contribution is 2.31. The van der Waals surface area contributed by atoms with E-state index < -0.39 is 0 Å². The Morgan fingerprint density at radius 3 is 2.41 bits per heavy atom. The van der Waals surface area contributed by atoms with E-state index in [9.17, 15) is 0 Å². The summed E-state index contributed by atoms with van der Waals surface area (Å²) < 4.78 is 1.04. The molecule has 0 unspecified atom stereocenters. The molecule has 0 N–H and O–H groups in total. The zero-order valence-corrected chi connectivity index (χ0v) is 12.0. The van der Waals surface area contributed by atoms with Crippen LogP contribution in [0.4, 0.5) is 0 Å². The number of aromatic nitrogens is 1. The molecule has 0 saturated heterocycles. The van der Waals surface area contributed by atoms with Crippen LogP contribution in [0.1, 0.15) is 30.3 Å². The molecule has 0 aliphatic rings. The highest BCUT2D eigenvalue weighted by molar-refractivity contribution is 9.10. The van der Waals surface area contributed by atoms with Gasteiger partial charge in [-0.1, -0.05) is 41.9 Å². The van der Waals surface area contributed by atoms with Crippen LogP contribution in [0.5, 0.6) is 0 Å². The van der Waals surface area contributed by atoms with Gasteiger partial charge in [-0.3, -0.25) is 0 Å². The number of rotatable bonds is 2. The molecule has 17 heavy (non-hydrogen) atoms. The summed E-state index contributed by atoms with van der Waals surface area (Å²) in [4.78, 5) is 5.28. The van der Waals surface area contributed by atoms with Crippen LogP contribution in [0.3, 0.4) is 0 Å². The maximum atomic E-state index is 9.08. The lowest BCUT2D eigenvalue weighted by Gasteiger charge is -1.99.